The molecule has 0 aliphatic rings. The zero-order chi connectivity index (χ0) is 0. The van der Waals surface area contributed by atoms with E-state index in [1.165, 1.54) is 0 Å². The molecule has 0 aliphatic heterocycles. The molecule has 0 heterocycles. The molecule has 0 unspecified atom stereocenters. The fourth-order valence-electron chi connectivity index (χ4n) is 0. The third-order valence-corrected chi connectivity index (χ3v) is 0. The molecule has 0 N–H and O–H groups in total. The van der Waals surface area contributed by atoms with Crippen LogP contribution in [0.4, 0.5) is 0 Å². The van der Waals surface area contributed by atoms with E-state index in [-0.39, 0.29) is 135 Å². The zero-order valence-electron chi connectivity index (χ0n) is 3.86. The fraction of sp³-hybridized carbons (Fsp3) is 0. The van der Waals surface area contributed by atoms with Crippen LogP contribution in [0.3, 0.4) is 0 Å². The normalized spacial score (nSPS) is 0. The molecule has 0 atom stereocenters. The van der Waals surface area contributed by atoms with Crippen LogP contribution in [0, 0.1) is 0 Å². The summed E-state index contributed by atoms with van der Waals surface area (Å²) in [5.41, 5.74) is 0. The van der Waals surface area contributed by atoms with Crippen molar-refractivity contribution in [2.75, 3.05) is 0 Å². The maximum absolute atomic E-state index is 0. The zero-order valence-corrected chi connectivity index (χ0v) is 13.4. The summed E-state index contributed by atoms with van der Waals surface area (Å²) in [5, 5.41) is 0. The van der Waals surface area contributed by atoms with Gasteiger partial charge in [-0.2, -0.15) is 0 Å². The predicted molar refractivity (Wildman–Crippen MR) is 14.9 cm³/mol. The molecular formula is BaCaO5W. The average molecular weight is 441 g/mol. The van der Waals surface area contributed by atoms with Crippen molar-refractivity contribution in [3.63, 3.8) is 0 Å². The van der Waals surface area contributed by atoms with Gasteiger partial charge in [0.15, 0.2) is 0 Å². The maximum atomic E-state index is 0. The van der Waals surface area contributed by atoms with Crippen LogP contribution in [0.2, 0.25) is 0 Å². The molecule has 0 radical (unpaired) electrons. The Hall–Kier alpha value is 3.32. The topological polar surface area (TPSA) is 142 Å². The maximum Gasteiger partial charge on any atom is 6.00 e. The van der Waals surface area contributed by atoms with Crippen molar-refractivity contribution in [1.29, 1.82) is 0 Å². The SMILES string of the molecule is [Ba+2].[Ca+2].[O-2].[O-2].[O-2].[O-2].[O-2].[W+6]. The molecule has 8 heavy (non-hydrogen) atoms. The molecule has 0 aromatic carbocycles. The molecule has 0 saturated carbocycles. The Bertz CT molecular complexity index is 12.4. The van der Waals surface area contributed by atoms with Gasteiger partial charge in [0.1, 0.15) is 0 Å². The molecule has 8 heteroatoms. The Morgan fingerprint density at radius 1 is 0.500 bits per heavy atom. The van der Waals surface area contributed by atoms with Crippen LogP contribution in [0.5, 0.6) is 0 Å². The van der Waals surface area contributed by atoms with Gasteiger partial charge in [-0.3, -0.25) is 0 Å². The van der Waals surface area contributed by atoms with Gasteiger partial charge in [0, 0.05) is 0 Å². The van der Waals surface area contributed by atoms with E-state index in [2.05, 4.69) is 0 Å². The van der Waals surface area contributed by atoms with Crippen molar-refractivity contribution in [3.8, 4) is 0 Å². The summed E-state index contributed by atoms with van der Waals surface area (Å²) in [6, 6.07) is 0. The largest absolute Gasteiger partial charge is 6.00 e. The average Bonchev–Trinajstić information content (AvgIpc) is 0. The first-order valence-corrected chi connectivity index (χ1v) is 0. The number of hydrogen-bond donors (Lipinski definition) is 0. The summed E-state index contributed by atoms with van der Waals surface area (Å²) >= 11 is 0. The minimum Gasteiger partial charge on any atom is -2.00 e. The van der Waals surface area contributed by atoms with Crippen molar-refractivity contribution >= 4 is 86.6 Å². The van der Waals surface area contributed by atoms with Crippen LogP contribution in [-0.2, 0) is 48.4 Å². The van der Waals surface area contributed by atoms with Crippen molar-refractivity contribution < 1.29 is 48.4 Å². The number of rotatable bonds is 0. The van der Waals surface area contributed by atoms with Crippen molar-refractivity contribution in [3.05, 3.63) is 0 Å². The van der Waals surface area contributed by atoms with E-state index < -0.39 is 0 Å². The molecule has 0 aromatic heterocycles. The van der Waals surface area contributed by atoms with Gasteiger partial charge in [-0.05, 0) is 0 Å². The number of hydrogen-bond acceptors (Lipinski definition) is 0. The molecule has 0 bridgehead atoms. The van der Waals surface area contributed by atoms with Crippen LogP contribution < -0.4 is 0 Å². The Morgan fingerprint density at radius 2 is 0.500 bits per heavy atom. The second-order valence-electron chi connectivity index (χ2n) is 0. The molecular weight excluding hydrogens is 441 g/mol. The van der Waals surface area contributed by atoms with Gasteiger partial charge < -0.3 is 27.4 Å². The van der Waals surface area contributed by atoms with E-state index in [1.54, 1.807) is 0 Å². The first-order valence-electron chi connectivity index (χ1n) is 0. The first kappa shape index (κ1) is 109. The molecule has 5 nitrogen and oxygen atoms in total. The standard InChI is InChI=1S/Ba.Ca.5O.W/q2*+2;5*-2;+6. The van der Waals surface area contributed by atoms with Crippen LogP contribution in [0.15, 0.2) is 0 Å². The minimum atomic E-state index is 0. The molecule has 0 amide bonds. The summed E-state index contributed by atoms with van der Waals surface area (Å²) in [5.74, 6) is 0. The smallest absolute Gasteiger partial charge is 2.00 e. The van der Waals surface area contributed by atoms with Crippen LogP contribution >= 0.6 is 0 Å². The molecule has 0 saturated heterocycles. The van der Waals surface area contributed by atoms with E-state index in [0.29, 0.717) is 0 Å². The van der Waals surface area contributed by atoms with E-state index >= 15 is 0 Å². The second-order valence-corrected chi connectivity index (χ2v) is 0. The van der Waals surface area contributed by atoms with E-state index in [9.17, 15) is 0 Å². The Balaban J connectivity index is 0. The summed E-state index contributed by atoms with van der Waals surface area (Å²) < 4.78 is 0. The molecule has 40 valence electrons. The molecule has 0 spiro atoms. The molecule has 0 rings (SSSR count). The Kier molecular flexibility index (Phi) is 1110. The van der Waals surface area contributed by atoms with Gasteiger partial charge in [0.05, 0.1) is 0 Å². The van der Waals surface area contributed by atoms with E-state index in [1.807, 2.05) is 0 Å². The fourth-order valence-corrected chi connectivity index (χ4v) is 0. The predicted octanol–water partition coefficient (Wildman–Crippen LogP) is -1.36. The Morgan fingerprint density at radius 3 is 0.500 bits per heavy atom. The van der Waals surface area contributed by atoms with Crippen LogP contribution in [0.25, 0.3) is 0 Å². The first-order chi connectivity index (χ1) is 0. The van der Waals surface area contributed by atoms with Gasteiger partial charge in [-0.15, -0.1) is 0 Å². The Labute approximate surface area is 132 Å². The molecule has 0 aliphatic carbocycles. The summed E-state index contributed by atoms with van der Waals surface area (Å²) in [6.45, 7) is 0. The van der Waals surface area contributed by atoms with Gasteiger partial charge in [0.2, 0.25) is 0 Å². The van der Waals surface area contributed by atoms with Gasteiger partial charge in [-0.25, -0.2) is 0 Å². The third kappa shape index (κ3) is 58.5. The van der Waals surface area contributed by atoms with Gasteiger partial charge in [0.25, 0.3) is 0 Å². The molecule has 0 fully saturated rings. The van der Waals surface area contributed by atoms with Crippen LogP contribution in [-0.4, -0.2) is 86.6 Å². The minimum absolute atomic E-state index is 0. The summed E-state index contributed by atoms with van der Waals surface area (Å²) in [7, 11) is 0. The monoisotopic (exact) mass is 442 g/mol. The summed E-state index contributed by atoms with van der Waals surface area (Å²) in [4.78, 5) is 0. The summed E-state index contributed by atoms with van der Waals surface area (Å²) in [6.07, 6.45) is 0. The van der Waals surface area contributed by atoms with Gasteiger partial charge in [-0.1, -0.05) is 0 Å². The van der Waals surface area contributed by atoms with Crippen molar-refractivity contribution in [1.82, 2.24) is 0 Å². The van der Waals surface area contributed by atoms with Crippen LogP contribution in [0.1, 0.15) is 0 Å². The molecule has 0 aromatic rings. The quantitative estimate of drug-likeness (QED) is 0.410. The van der Waals surface area contributed by atoms with E-state index in [0.717, 1.165) is 0 Å². The van der Waals surface area contributed by atoms with E-state index in [4.69, 9.17) is 0 Å². The van der Waals surface area contributed by atoms with Gasteiger partial charge >= 0.3 is 108 Å². The van der Waals surface area contributed by atoms with Crippen molar-refractivity contribution in [2.24, 2.45) is 0 Å². The third-order valence-electron chi connectivity index (χ3n) is 0. The van der Waals surface area contributed by atoms with Crippen molar-refractivity contribution in [2.45, 2.75) is 0 Å². The second kappa shape index (κ2) is 81.3.